The number of ether oxygens (including phenoxy) is 2. The van der Waals surface area contributed by atoms with Gasteiger partial charge >= 0.3 is 0 Å². The van der Waals surface area contributed by atoms with Gasteiger partial charge in [0.2, 0.25) is 11.9 Å². The Bertz CT molecular complexity index is 1480. The smallest absolute Gasteiger partial charge is 0.227 e. The van der Waals surface area contributed by atoms with Crippen molar-refractivity contribution in [2.75, 3.05) is 30.5 Å². The van der Waals surface area contributed by atoms with E-state index in [9.17, 15) is 0 Å². The van der Waals surface area contributed by atoms with E-state index >= 15 is 0 Å². The summed E-state index contributed by atoms with van der Waals surface area (Å²) in [6.45, 7) is 0. The molecule has 9 nitrogen and oxygen atoms in total. The van der Waals surface area contributed by atoms with Gasteiger partial charge in [0.05, 0.1) is 18.5 Å². The van der Waals surface area contributed by atoms with Gasteiger partial charge in [-0.3, -0.25) is 0 Å². The first-order valence-corrected chi connectivity index (χ1v) is 11.3. The molecule has 0 spiro atoms. The van der Waals surface area contributed by atoms with Gasteiger partial charge in [0, 0.05) is 13.2 Å². The third-order valence-corrected chi connectivity index (χ3v) is 5.80. The van der Waals surface area contributed by atoms with Crippen molar-refractivity contribution in [3.8, 4) is 17.2 Å². The fourth-order valence-electron chi connectivity index (χ4n) is 4.01. The van der Waals surface area contributed by atoms with Crippen LogP contribution in [0.1, 0.15) is 17.2 Å². The van der Waals surface area contributed by atoms with E-state index in [0.29, 0.717) is 17.0 Å². The molecule has 1 atom stereocenters. The summed E-state index contributed by atoms with van der Waals surface area (Å²) in [7, 11) is 3.57. The average molecular weight is 480 g/mol. The highest BCUT2D eigenvalue weighted by atomic mass is 16.5. The molecule has 3 aromatic carbocycles. The first-order chi connectivity index (χ1) is 17.5. The van der Waals surface area contributed by atoms with Gasteiger partial charge in [-0.15, -0.1) is 0 Å². The summed E-state index contributed by atoms with van der Waals surface area (Å²) in [5, 5.41) is 0.553. The predicted molar refractivity (Wildman–Crippen MR) is 140 cm³/mol. The van der Waals surface area contributed by atoms with Crippen LogP contribution in [0.25, 0.3) is 11.0 Å². The van der Waals surface area contributed by atoms with Crippen LogP contribution in [0, 0.1) is 0 Å². The van der Waals surface area contributed by atoms with E-state index in [1.54, 1.807) is 13.3 Å². The Morgan fingerprint density at radius 3 is 2.03 bits per heavy atom. The van der Waals surface area contributed by atoms with Crippen molar-refractivity contribution in [2.45, 2.75) is 6.04 Å². The van der Waals surface area contributed by atoms with Crippen LogP contribution >= 0.6 is 0 Å². The molecule has 9 heteroatoms. The standard InChI is InChI=1S/C27H25N7O2/c1-34(27-30-16-22-24(28)31-26(29)32-25(22)33-27)23(17-6-4-3-5-7-17)18-8-10-20(11-9-18)36-21-14-12-19(35-2)13-15-21/h3-16,23H,1-2H3,(H4,28,29,30,31,32,33). The number of fused-ring (bicyclic) bond motifs is 1. The SMILES string of the molecule is COc1ccc(Oc2ccc(C(c3ccccc3)N(C)c3ncc4c(N)nc(N)nc4n3)cc2)cc1. The molecule has 0 saturated carbocycles. The maximum atomic E-state index is 6.00. The van der Waals surface area contributed by atoms with Gasteiger partial charge in [-0.2, -0.15) is 15.0 Å². The first-order valence-electron chi connectivity index (χ1n) is 11.3. The van der Waals surface area contributed by atoms with Crippen LogP contribution in [0.4, 0.5) is 17.7 Å². The number of anilines is 3. The highest BCUT2D eigenvalue weighted by Gasteiger charge is 2.22. The molecule has 0 fully saturated rings. The Morgan fingerprint density at radius 2 is 1.36 bits per heavy atom. The van der Waals surface area contributed by atoms with E-state index in [1.807, 2.05) is 78.7 Å². The minimum atomic E-state index is -0.171. The van der Waals surface area contributed by atoms with E-state index in [1.165, 1.54) is 0 Å². The molecule has 0 amide bonds. The van der Waals surface area contributed by atoms with E-state index in [2.05, 4.69) is 32.1 Å². The summed E-state index contributed by atoms with van der Waals surface area (Å²) in [6, 6.07) is 25.4. The number of nitrogens with zero attached hydrogens (tertiary/aromatic N) is 5. The van der Waals surface area contributed by atoms with Crippen LogP contribution in [0.3, 0.4) is 0 Å². The quantitative estimate of drug-likeness (QED) is 0.344. The summed E-state index contributed by atoms with van der Waals surface area (Å²) in [5.41, 5.74) is 14.3. The molecule has 180 valence electrons. The molecule has 2 heterocycles. The van der Waals surface area contributed by atoms with Crippen molar-refractivity contribution in [3.05, 3.63) is 96.2 Å². The summed E-state index contributed by atoms with van der Waals surface area (Å²) in [5.74, 6) is 3.03. The second-order valence-corrected chi connectivity index (χ2v) is 8.15. The van der Waals surface area contributed by atoms with Crippen LogP contribution in [0.5, 0.6) is 17.2 Å². The Labute approximate surface area is 208 Å². The molecule has 0 saturated heterocycles. The van der Waals surface area contributed by atoms with E-state index in [-0.39, 0.29) is 17.8 Å². The van der Waals surface area contributed by atoms with Crippen molar-refractivity contribution >= 4 is 28.7 Å². The number of aromatic nitrogens is 4. The summed E-state index contributed by atoms with van der Waals surface area (Å²) in [6.07, 6.45) is 1.62. The lowest BCUT2D eigenvalue weighted by molar-refractivity contribution is 0.413. The highest BCUT2D eigenvalue weighted by molar-refractivity contribution is 5.86. The summed E-state index contributed by atoms with van der Waals surface area (Å²) in [4.78, 5) is 19.4. The minimum Gasteiger partial charge on any atom is -0.497 e. The van der Waals surface area contributed by atoms with Crippen LogP contribution < -0.4 is 25.8 Å². The fourth-order valence-corrected chi connectivity index (χ4v) is 4.01. The molecule has 5 rings (SSSR count). The Hall–Kier alpha value is -4.92. The molecule has 0 aliphatic rings. The van der Waals surface area contributed by atoms with Gasteiger partial charge in [-0.1, -0.05) is 42.5 Å². The van der Waals surface area contributed by atoms with Gasteiger partial charge < -0.3 is 25.8 Å². The van der Waals surface area contributed by atoms with Crippen LogP contribution in [0.2, 0.25) is 0 Å². The molecular weight excluding hydrogens is 454 g/mol. The normalized spacial score (nSPS) is 11.7. The topological polar surface area (TPSA) is 125 Å². The fraction of sp³-hybridized carbons (Fsp3) is 0.111. The van der Waals surface area contributed by atoms with E-state index < -0.39 is 0 Å². The van der Waals surface area contributed by atoms with Crippen LogP contribution in [-0.4, -0.2) is 34.1 Å². The molecule has 0 bridgehead atoms. The second kappa shape index (κ2) is 9.75. The number of benzene rings is 3. The molecule has 2 aromatic heterocycles. The van der Waals surface area contributed by atoms with E-state index in [0.717, 1.165) is 28.4 Å². The largest absolute Gasteiger partial charge is 0.497 e. The zero-order valence-corrected chi connectivity index (χ0v) is 19.9. The highest BCUT2D eigenvalue weighted by Crippen LogP contribution is 2.33. The van der Waals surface area contributed by atoms with Crippen molar-refractivity contribution < 1.29 is 9.47 Å². The zero-order valence-electron chi connectivity index (χ0n) is 19.9. The molecule has 0 aliphatic carbocycles. The number of nitrogen functional groups attached to an aromatic ring is 2. The maximum Gasteiger partial charge on any atom is 0.227 e. The van der Waals surface area contributed by atoms with Crippen molar-refractivity contribution in [1.82, 2.24) is 19.9 Å². The van der Waals surface area contributed by atoms with Gasteiger partial charge in [0.1, 0.15) is 23.1 Å². The minimum absolute atomic E-state index is 0.0689. The second-order valence-electron chi connectivity index (χ2n) is 8.15. The summed E-state index contributed by atoms with van der Waals surface area (Å²) < 4.78 is 11.2. The Kier molecular flexibility index (Phi) is 6.19. The monoisotopic (exact) mass is 479 g/mol. The third kappa shape index (κ3) is 4.67. The molecule has 1 unspecified atom stereocenters. The van der Waals surface area contributed by atoms with Gasteiger partial charge in [-0.25, -0.2) is 4.98 Å². The molecule has 4 N–H and O–H groups in total. The molecular formula is C27H25N7O2. The average Bonchev–Trinajstić information content (AvgIpc) is 2.90. The third-order valence-electron chi connectivity index (χ3n) is 5.80. The number of nitrogens with two attached hydrogens (primary N) is 2. The number of hydrogen-bond donors (Lipinski definition) is 2. The lowest BCUT2D eigenvalue weighted by Gasteiger charge is -2.29. The number of hydrogen-bond acceptors (Lipinski definition) is 9. The lowest BCUT2D eigenvalue weighted by atomic mass is 9.97. The van der Waals surface area contributed by atoms with Crippen LogP contribution in [-0.2, 0) is 0 Å². The lowest BCUT2D eigenvalue weighted by Crippen LogP contribution is -2.27. The molecule has 36 heavy (non-hydrogen) atoms. The zero-order chi connectivity index (χ0) is 25.1. The van der Waals surface area contributed by atoms with Crippen molar-refractivity contribution in [2.24, 2.45) is 0 Å². The van der Waals surface area contributed by atoms with Crippen molar-refractivity contribution in [3.63, 3.8) is 0 Å². The van der Waals surface area contributed by atoms with Crippen molar-refractivity contribution in [1.29, 1.82) is 0 Å². The van der Waals surface area contributed by atoms with Gasteiger partial charge in [0.25, 0.3) is 0 Å². The molecule has 0 radical (unpaired) electrons. The first kappa shape index (κ1) is 22.9. The number of rotatable bonds is 7. The Morgan fingerprint density at radius 1 is 0.750 bits per heavy atom. The predicted octanol–water partition coefficient (Wildman–Crippen LogP) is 4.61. The van der Waals surface area contributed by atoms with E-state index in [4.69, 9.17) is 20.9 Å². The van der Waals surface area contributed by atoms with Gasteiger partial charge in [0.15, 0.2) is 5.65 Å². The molecule has 5 aromatic rings. The number of methoxy groups -OCH3 is 1. The van der Waals surface area contributed by atoms with Crippen LogP contribution in [0.15, 0.2) is 85.1 Å². The van der Waals surface area contributed by atoms with Gasteiger partial charge in [-0.05, 0) is 47.5 Å². The Balaban J connectivity index is 1.47. The maximum absolute atomic E-state index is 6.00. The summed E-state index contributed by atoms with van der Waals surface area (Å²) >= 11 is 0. The molecule has 0 aliphatic heterocycles.